The van der Waals surface area contributed by atoms with Gasteiger partial charge in [-0.3, -0.25) is 10.1 Å². The van der Waals surface area contributed by atoms with Crippen molar-refractivity contribution in [3.8, 4) is 0 Å². The maximum absolute atomic E-state index is 11.1. The van der Waals surface area contributed by atoms with E-state index in [0.29, 0.717) is 12.2 Å². The van der Waals surface area contributed by atoms with Gasteiger partial charge in [0.05, 0.1) is 11.5 Å². The summed E-state index contributed by atoms with van der Waals surface area (Å²) in [6.07, 6.45) is 3.07. The maximum Gasteiger partial charge on any atom is 0.342 e. The molecule has 0 aliphatic heterocycles. The highest BCUT2D eigenvalue weighted by Crippen LogP contribution is 2.32. The van der Waals surface area contributed by atoms with Crippen LogP contribution >= 0.6 is 0 Å². The monoisotopic (exact) mass is 280 g/mol. The minimum atomic E-state index is -1.32. The number of nitrogens with zero attached hydrogens (tertiary/aromatic N) is 2. The molecule has 1 aliphatic rings. The third kappa shape index (κ3) is 2.72. The summed E-state index contributed by atoms with van der Waals surface area (Å²) in [6.45, 7) is 0.345. The molecule has 1 fully saturated rings. The number of aromatic carboxylic acids is 1. The van der Waals surface area contributed by atoms with Crippen LogP contribution in [0.15, 0.2) is 18.2 Å². The fraction of sp³-hybridized carbons (Fsp3) is 0.462. The van der Waals surface area contributed by atoms with Gasteiger partial charge in [-0.25, -0.2) is 4.79 Å². The van der Waals surface area contributed by atoms with Crippen LogP contribution < -0.4 is 4.90 Å². The molecule has 0 heterocycles. The second kappa shape index (κ2) is 5.87. The lowest BCUT2D eigenvalue weighted by molar-refractivity contribution is -0.385. The van der Waals surface area contributed by atoms with Crippen molar-refractivity contribution < 1.29 is 19.9 Å². The number of aliphatic hydroxyl groups is 1. The highest BCUT2D eigenvalue weighted by molar-refractivity contribution is 5.93. The molecule has 1 aliphatic carbocycles. The SMILES string of the molecule is O=C(O)c1cc(N(CCO)C2CCC2)ccc1[N+](=O)[O-]. The number of nitro benzene ring substituents is 1. The summed E-state index contributed by atoms with van der Waals surface area (Å²) < 4.78 is 0. The molecular weight excluding hydrogens is 264 g/mol. The number of benzene rings is 1. The number of carbonyl (C=O) groups is 1. The maximum atomic E-state index is 11.1. The van der Waals surface area contributed by atoms with Gasteiger partial charge in [-0.15, -0.1) is 0 Å². The second-order valence-corrected chi connectivity index (χ2v) is 4.77. The van der Waals surface area contributed by atoms with Crippen molar-refractivity contribution in [2.24, 2.45) is 0 Å². The van der Waals surface area contributed by atoms with Gasteiger partial charge in [-0.05, 0) is 31.4 Å². The Balaban J connectivity index is 2.37. The number of anilines is 1. The van der Waals surface area contributed by atoms with Crippen molar-refractivity contribution in [2.75, 3.05) is 18.1 Å². The van der Waals surface area contributed by atoms with E-state index in [0.717, 1.165) is 19.3 Å². The Kier molecular flexibility index (Phi) is 4.19. The van der Waals surface area contributed by atoms with Crippen LogP contribution in [0.2, 0.25) is 0 Å². The largest absolute Gasteiger partial charge is 0.477 e. The summed E-state index contributed by atoms with van der Waals surface area (Å²) >= 11 is 0. The van der Waals surface area contributed by atoms with Gasteiger partial charge in [0, 0.05) is 24.3 Å². The molecule has 20 heavy (non-hydrogen) atoms. The van der Waals surface area contributed by atoms with Crippen molar-refractivity contribution >= 4 is 17.3 Å². The van der Waals surface area contributed by atoms with Gasteiger partial charge in [0.15, 0.2) is 0 Å². The van der Waals surface area contributed by atoms with Gasteiger partial charge in [0.2, 0.25) is 0 Å². The molecule has 0 radical (unpaired) electrons. The molecule has 0 atom stereocenters. The van der Waals surface area contributed by atoms with E-state index in [4.69, 9.17) is 10.2 Å². The molecule has 1 aromatic carbocycles. The fourth-order valence-corrected chi connectivity index (χ4v) is 2.36. The molecule has 7 nitrogen and oxygen atoms in total. The highest BCUT2D eigenvalue weighted by Gasteiger charge is 2.27. The zero-order valence-corrected chi connectivity index (χ0v) is 10.9. The molecule has 0 amide bonds. The lowest BCUT2D eigenvalue weighted by Crippen LogP contribution is -2.42. The van der Waals surface area contributed by atoms with E-state index >= 15 is 0 Å². The van der Waals surface area contributed by atoms with Crippen molar-refractivity contribution in [1.82, 2.24) is 0 Å². The predicted octanol–water partition coefficient (Wildman–Crippen LogP) is 1.64. The van der Waals surface area contributed by atoms with Gasteiger partial charge in [0.25, 0.3) is 5.69 Å². The minimum Gasteiger partial charge on any atom is -0.477 e. The molecule has 1 aromatic rings. The van der Waals surface area contributed by atoms with E-state index in [2.05, 4.69) is 0 Å². The zero-order valence-electron chi connectivity index (χ0n) is 10.9. The number of hydrogen-bond donors (Lipinski definition) is 2. The number of carboxylic acid groups (broad SMARTS) is 1. The fourth-order valence-electron chi connectivity index (χ4n) is 2.36. The van der Waals surface area contributed by atoms with Gasteiger partial charge in [-0.1, -0.05) is 0 Å². The average molecular weight is 280 g/mol. The van der Waals surface area contributed by atoms with Crippen LogP contribution in [0.5, 0.6) is 0 Å². The Morgan fingerprint density at radius 2 is 2.15 bits per heavy atom. The van der Waals surface area contributed by atoms with Crippen molar-refractivity contribution in [3.63, 3.8) is 0 Å². The van der Waals surface area contributed by atoms with Crippen LogP contribution in [0.25, 0.3) is 0 Å². The average Bonchev–Trinajstić information content (AvgIpc) is 2.35. The van der Waals surface area contributed by atoms with Crippen LogP contribution in [0.1, 0.15) is 29.6 Å². The van der Waals surface area contributed by atoms with Crippen molar-refractivity contribution in [1.29, 1.82) is 0 Å². The quantitative estimate of drug-likeness (QED) is 0.606. The van der Waals surface area contributed by atoms with E-state index in [1.165, 1.54) is 12.1 Å². The molecule has 108 valence electrons. The number of nitro groups is 1. The zero-order chi connectivity index (χ0) is 14.7. The summed E-state index contributed by atoms with van der Waals surface area (Å²) in [5.41, 5.74) is -0.139. The summed E-state index contributed by atoms with van der Waals surface area (Å²) in [7, 11) is 0. The van der Waals surface area contributed by atoms with E-state index in [-0.39, 0.29) is 18.2 Å². The Bertz CT molecular complexity index is 527. The first-order chi connectivity index (χ1) is 9.54. The van der Waals surface area contributed by atoms with Crippen LogP contribution in [0.3, 0.4) is 0 Å². The number of carboxylic acids is 1. The molecule has 7 heteroatoms. The van der Waals surface area contributed by atoms with E-state index < -0.39 is 16.6 Å². The third-order valence-corrected chi connectivity index (χ3v) is 3.60. The molecule has 2 N–H and O–H groups in total. The molecule has 0 saturated heterocycles. The third-order valence-electron chi connectivity index (χ3n) is 3.60. The van der Waals surface area contributed by atoms with Crippen LogP contribution in [-0.2, 0) is 0 Å². The van der Waals surface area contributed by atoms with Crippen LogP contribution in [0, 0.1) is 10.1 Å². The van der Waals surface area contributed by atoms with Gasteiger partial charge >= 0.3 is 5.97 Å². The lowest BCUT2D eigenvalue weighted by atomic mass is 9.91. The molecular formula is C13H16N2O5. The minimum absolute atomic E-state index is 0.0457. The molecule has 0 spiro atoms. The van der Waals surface area contributed by atoms with Crippen molar-refractivity contribution in [3.05, 3.63) is 33.9 Å². The van der Waals surface area contributed by atoms with Gasteiger partial charge in [-0.2, -0.15) is 0 Å². The summed E-state index contributed by atoms with van der Waals surface area (Å²) in [5.74, 6) is -1.32. The molecule has 0 bridgehead atoms. The highest BCUT2D eigenvalue weighted by atomic mass is 16.6. The smallest absolute Gasteiger partial charge is 0.342 e. The van der Waals surface area contributed by atoms with E-state index in [9.17, 15) is 14.9 Å². The second-order valence-electron chi connectivity index (χ2n) is 4.77. The van der Waals surface area contributed by atoms with Crippen molar-refractivity contribution in [2.45, 2.75) is 25.3 Å². The van der Waals surface area contributed by atoms with Gasteiger partial charge < -0.3 is 15.1 Å². The Morgan fingerprint density at radius 3 is 2.60 bits per heavy atom. The summed E-state index contributed by atoms with van der Waals surface area (Å²) in [4.78, 5) is 23.2. The summed E-state index contributed by atoms with van der Waals surface area (Å²) in [5, 5.41) is 29.0. The normalized spacial score (nSPS) is 14.7. The van der Waals surface area contributed by atoms with Gasteiger partial charge in [0.1, 0.15) is 5.56 Å². The van der Waals surface area contributed by atoms with Crippen LogP contribution in [-0.4, -0.2) is 40.3 Å². The molecule has 1 saturated carbocycles. The number of rotatable bonds is 6. The topological polar surface area (TPSA) is 104 Å². The molecule has 0 unspecified atom stereocenters. The first-order valence-corrected chi connectivity index (χ1v) is 6.44. The van der Waals surface area contributed by atoms with Crippen LogP contribution in [0.4, 0.5) is 11.4 Å². The van der Waals surface area contributed by atoms with E-state index in [1.54, 1.807) is 6.07 Å². The number of hydrogen-bond acceptors (Lipinski definition) is 5. The van der Waals surface area contributed by atoms with E-state index in [1.807, 2.05) is 4.90 Å². The number of aliphatic hydroxyl groups excluding tert-OH is 1. The summed E-state index contributed by atoms with van der Waals surface area (Å²) in [6, 6.07) is 4.33. The lowest BCUT2D eigenvalue weighted by Gasteiger charge is -2.39. The Labute approximate surface area is 115 Å². The first-order valence-electron chi connectivity index (χ1n) is 6.44. The Morgan fingerprint density at radius 1 is 1.45 bits per heavy atom. The standard InChI is InChI=1S/C13H16N2O5/c16-7-6-14(9-2-1-3-9)10-4-5-12(15(19)20)11(8-10)13(17)18/h4-5,8-9,16H,1-3,6-7H2,(H,17,18). The first kappa shape index (κ1) is 14.3. The molecule has 0 aromatic heterocycles. The predicted molar refractivity (Wildman–Crippen MR) is 72.1 cm³/mol. The Hall–Kier alpha value is -2.15. The molecule has 2 rings (SSSR count).